The average Bonchev–Trinajstić information content (AvgIpc) is 2.89. The van der Waals surface area contributed by atoms with Crippen LogP contribution in [0.1, 0.15) is 12.0 Å². The Balaban J connectivity index is 1.37. The highest BCUT2D eigenvalue weighted by Gasteiger charge is 2.65. The van der Waals surface area contributed by atoms with Gasteiger partial charge in [-0.3, -0.25) is 0 Å². The van der Waals surface area contributed by atoms with Crippen LogP contribution in [0.3, 0.4) is 0 Å². The van der Waals surface area contributed by atoms with Crippen molar-refractivity contribution in [3.05, 3.63) is 66.2 Å². The van der Waals surface area contributed by atoms with Crippen molar-refractivity contribution < 1.29 is 19.0 Å². The molecule has 24 heavy (non-hydrogen) atoms. The van der Waals surface area contributed by atoms with Crippen molar-refractivity contribution >= 4 is 17.7 Å². The van der Waals surface area contributed by atoms with E-state index >= 15 is 0 Å². The van der Waals surface area contributed by atoms with Crippen LogP contribution in [0.4, 0.5) is 0 Å². The molecule has 0 aromatic heterocycles. The molecule has 2 saturated heterocycles. The summed E-state index contributed by atoms with van der Waals surface area (Å²) >= 11 is 1.62. The largest absolute Gasteiger partial charge is 0.456 e. The van der Waals surface area contributed by atoms with E-state index in [-0.39, 0.29) is 24.1 Å². The summed E-state index contributed by atoms with van der Waals surface area (Å²) < 4.78 is 17.1. The highest BCUT2D eigenvalue weighted by molar-refractivity contribution is 7.99. The number of hydrogen-bond acceptors (Lipinski definition) is 5. The van der Waals surface area contributed by atoms with Crippen molar-refractivity contribution in [2.75, 3.05) is 6.61 Å². The molecule has 4 rings (SSSR count). The summed E-state index contributed by atoms with van der Waals surface area (Å²) in [5.41, 5.74) is 0.0526. The van der Waals surface area contributed by atoms with Crippen molar-refractivity contribution in [3.63, 3.8) is 0 Å². The number of thioether (sulfide) groups is 1. The Bertz CT molecular complexity index is 706. The molecular formula is C19H18O4S. The van der Waals surface area contributed by atoms with Gasteiger partial charge < -0.3 is 14.2 Å². The molecule has 0 bridgehead atoms. The molecule has 124 valence electrons. The molecule has 2 aliphatic rings. The van der Waals surface area contributed by atoms with Gasteiger partial charge in [0.2, 0.25) is 5.60 Å². The van der Waals surface area contributed by atoms with E-state index in [9.17, 15) is 4.79 Å². The summed E-state index contributed by atoms with van der Waals surface area (Å²) in [7, 11) is 0. The number of carbonyl (C=O) groups is 1. The first-order chi connectivity index (χ1) is 11.8. The quantitative estimate of drug-likeness (QED) is 0.753. The van der Waals surface area contributed by atoms with Crippen LogP contribution in [-0.4, -0.2) is 29.7 Å². The average molecular weight is 342 g/mol. The minimum Gasteiger partial charge on any atom is -0.456 e. The van der Waals surface area contributed by atoms with Crippen molar-refractivity contribution in [1.82, 2.24) is 0 Å². The van der Waals surface area contributed by atoms with Gasteiger partial charge in [-0.15, -0.1) is 0 Å². The zero-order valence-corrected chi connectivity index (χ0v) is 13.9. The van der Waals surface area contributed by atoms with Gasteiger partial charge in [-0.25, -0.2) is 4.79 Å². The van der Waals surface area contributed by atoms with Crippen molar-refractivity contribution in [2.45, 2.75) is 35.1 Å². The molecule has 0 saturated carbocycles. The van der Waals surface area contributed by atoms with Crippen molar-refractivity contribution in [1.29, 1.82) is 0 Å². The normalized spacial score (nSPS) is 28.1. The van der Waals surface area contributed by atoms with Gasteiger partial charge in [-0.1, -0.05) is 60.3 Å². The number of benzene rings is 2. The maximum Gasteiger partial charge on any atom is 0.345 e. The second kappa shape index (κ2) is 6.59. The van der Waals surface area contributed by atoms with E-state index in [1.165, 1.54) is 0 Å². The lowest BCUT2D eigenvalue weighted by Gasteiger charge is -2.40. The number of ether oxygens (including phenoxy) is 3. The molecule has 4 nitrogen and oxygen atoms in total. The van der Waals surface area contributed by atoms with Gasteiger partial charge in [-0.05, 0) is 17.7 Å². The zero-order valence-electron chi connectivity index (χ0n) is 13.1. The minimum atomic E-state index is -0.929. The van der Waals surface area contributed by atoms with Gasteiger partial charge in [0.05, 0.1) is 13.2 Å². The summed E-state index contributed by atoms with van der Waals surface area (Å²) in [4.78, 5) is 13.2. The summed E-state index contributed by atoms with van der Waals surface area (Å²) in [5, 5.41) is 0. The minimum absolute atomic E-state index is 0.0934. The molecule has 1 unspecified atom stereocenters. The lowest BCUT2D eigenvalue weighted by molar-refractivity contribution is -0.230. The Kier molecular flexibility index (Phi) is 4.31. The maximum absolute atomic E-state index is 12.0. The molecule has 2 aromatic carbocycles. The fourth-order valence-electron chi connectivity index (χ4n) is 3.02. The highest BCUT2D eigenvalue weighted by Crippen LogP contribution is 2.47. The van der Waals surface area contributed by atoms with Crippen LogP contribution in [0.2, 0.25) is 0 Å². The van der Waals surface area contributed by atoms with E-state index in [1.807, 2.05) is 60.7 Å². The number of esters is 1. The fraction of sp³-hybridized carbons (Fsp3) is 0.316. The standard InChI is InChI=1S/C19H18O4S/c20-18-19(13-21-12-14-7-3-1-4-8-14)16(22-18)11-17(23-19)24-15-9-5-2-6-10-15/h1-10,16-17H,11-13H2/t16-,17?,19+/m0/s1. The third-order valence-electron chi connectivity index (χ3n) is 4.30. The van der Waals surface area contributed by atoms with E-state index in [0.717, 1.165) is 10.5 Å². The first-order valence-electron chi connectivity index (χ1n) is 7.98. The van der Waals surface area contributed by atoms with Crippen LogP contribution >= 0.6 is 11.8 Å². The molecule has 0 amide bonds. The highest BCUT2D eigenvalue weighted by atomic mass is 32.2. The Labute approximate surface area is 145 Å². The Morgan fingerprint density at radius 2 is 1.79 bits per heavy atom. The van der Waals surface area contributed by atoms with Gasteiger partial charge in [0.1, 0.15) is 11.5 Å². The molecule has 0 N–H and O–H groups in total. The van der Waals surface area contributed by atoms with Crippen LogP contribution in [0, 0.1) is 0 Å². The van der Waals surface area contributed by atoms with E-state index in [2.05, 4.69) is 0 Å². The maximum atomic E-state index is 12.0. The van der Waals surface area contributed by atoms with E-state index in [1.54, 1.807) is 11.8 Å². The predicted molar refractivity (Wildman–Crippen MR) is 90.5 cm³/mol. The lowest BCUT2D eigenvalue weighted by Crippen LogP contribution is -2.63. The Morgan fingerprint density at radius 1 is 1.08 bits per heavy atom. The molecule has 0 aliphatic carbocycles. The molecule has 2 aromatic rings. The van der Waals surface area contributed by atoms with Crippen LogP contribution in [-0.2, 0) is 25.6 Å². The number of hydrogen-bond donors (Lipinski definition) is 0. The summed E-state index contributed by atoms with van der Waals surface area (Å²) in [5.74, 6) is -0.309. The van der Waals surface area contributed by atoms with Crippen LogP contribution in [0.15, 0.2) is 65.6 Å². The van der Waals surface area contributed by atoms with Crippen molar-refractivity contribution in [3.8, 4) is 0 Å². The van der Waals surface area contributed by atoms with Gasteiger partial charge in [0, 0.05) is 11.3 Å². The van der Waals surface area contributed by atoms with Crippen molar-refractivity contribution in [2.24, 2.45) is 0 Å². The Morgan fingerprint density at radius 3 is 2.50 bits per heavy atom. The molecule has 2 aliphatic heterocycles. The van der Waals surface area contributed by atoms with Gasteiger partial charge in [0.25, 0.3) is 0 Å². The van der Waals surface area contributed by atoms with Gasteiger partial charge in [0.15, 0.2) is 0 Å². The fourth-order valence-corrected chi connectivity index (χ4v) is 4.13. The topological polar surface area (TPSA) is 44.8 Å². The summed E-state index contributed by atoms with van der Waals surface area (Å²) in [6, 6.07) is 19.9. The molecule has 0 spiro atoms. The molecular weight excluding hydrogens is 324 g/mol. The van der Waals surface area contributed by atoms with Crippen LogP contribution in [0.5, 0.6) is 0 Å². The summed E-state index contributed by atoms with van der Waals surface area (Å²) in [6.45, 7) is 0.694. The first-order valence-corrected chi connectivity index (χ1v) is 8.86. The second-order valence-electron chi connectivity index (χ2n) is 5.98. The number of fused-ring (bicyclic) bond motifs is 1. The van der Waals surface area contributed by atoms with Crippen LogP contribution in [0.25, 0.3) is 0 Å². The van der Waals surface area contributed by atoms with Gasteiger partial charge >= 0.3 is 5.97 Å². The van der Waals surface area contributed by atoms with Gasteiger partial charge in [-0.2, -0.15) is 0 Å². The van der Waals surface area contributed by atoms with E-state index in [4.69, 9.17) is 14.2 Å². The van der Waals surface area contributed by atoms with E-state index < -0.39 is 5.60 Å². The van der Waals surface area contributed by atoms with Crippen LogP contribution < -0.4 is 0 Å². The van der Waals surface area contributed by atoms with E-state index in [0.29, 0.717) is 13.0 Å². The lowest BCUT2D eigenvalue weighted by atomic mass is 9.92. The molecule has 2 fully saturated rings. The molecule has 5 heteroatoms. The summed E-state index contributed by atoms with van der Waals surface area (Å²) in [6.07, 6.45) is 0.488. The Hall–Kier alpha value is -1.82. The third-order valence-corrected chi connectivity index (χ3v) is 5.40. The second-order valence-corrected chi connectivity index (χ2v) is 7.21. The molecule has 2 heterocycles. The zero-order chi connectivity index (χ0) is 16.4. The number of carbonyl (C=O) groups excluding carboxylic acids is 1. The third kappa shape index (κ3) is 2.95. The smallest absolute Gasteiger partial charge is 0.345 e. The monoisotopic (exact) mass is 342 g/mol. The molecule has 0 radical (unpaired) electrons. The SMILES string of the molecule is O=C1O[C@H]2CC(Sc3ccccc3)O[C@@]12COCc1ccccc1. The first kappa shape index (κ1) is 15.7. The molecule has 3 atom stereocenters. The number of rotatable bonds is 6. The predicted octanol–water partition coefficient (Wildman–Crippen LogP) is 3.41.